The predicted octanol–water partition coefficient (Wildman–Crippen LogP) is 6.97. The van der Waals surface area contributed by atoms with Gasteiger partial charge in [-0.1, -0.05) is 32.0 Å². The average molecular weight is 702 g/mol. The number of anilines is 3. The van der Waals surface area contributed by atoms with E-state index in [2.05, 4.69) is 21.8 Å². The molecule has 6 rings (SSSR count). The number of para-hydroxylation sites is 1. The Bertz CT molecular complexity index is 1870. The lowest BCUT2D eigenvalue weighted by atomic mass is 10.1. The largest absolute Gasteiger partial charge is 0.417 e. The minimum Gasteiger partial charge on any atom is -0.410 e. The van der Waals surface area contributed by atoms with Crippen molar-refractivity contribution in [2.75, 3.05) is 28.6 Å². The second-order valence-electron chi connectivity index (χ2n) is 10.4. The Hall–Kier alpha value is -6.05. The minimum atomic E-state index is -1.61. The molecular weight excluding hydrogens is 672 g/mol. The number of nitrogens with zero attached hydrogens (tertiary/aromatic N) is 5. The molecule has 0 saturated carbocycles. The molecule has 1 aromatic heterocycles. The quantitative estimate of drug-likeness (QED) is 0.175. The molecule has 4 aromatic rings. The van der Waals surface area contributed by atoms with E-state index in [4.69, 9.17) is 10.00 Å². The van der Waals surface area contributed by atoms with Gasteiger partial charge in [-0.05, 0) is 12.1 Å². The number of nitrogens with one attached hydrogen (secondary N) is 2. The van der Waals surface area contributed by atoms with Crippen LogP contribution in [-0.2, 0) is 17.9 Å². The van der Waals surface area contributed by atoms with Gasteiger partial charge in [-0.25, -0.2) is 35.9 Å². The Labute approximate surface area is 281 Å². The Kier molecular flexibility index (Phi) is 12.0. The van der Waals surface area contributed by atoms with Gasteiger partial charge in [0.05, 0.1) is 48.3 Å². The lowest BCUT2D eigenvalue weighted by Crippen LogP contribution is -2.41. The summed E-state index contributed by atoms with van der Waals surface area (Å²) in [7, 11) is 0. The molecule has 4 amide bonds. The first kappa shape index (κ1) is 36.8. The predicted molar refractivity (Wildman–Crippen MR) is 168 cm³/mol. The minimum absolute atomic E-state index is 0.105. The summed E-state index contributed by atoms with van der Waals surface area (Å²) in [5.74, 6) is -9.12. The summed E-state index contributed by atoms with van der Waals surface area (Å²) in [4.78, 5) is 39.0. The summed E-state index contributed by atoms with van der Waals surface area (Å²) < 4.78 is 84.8. The van der Waals surface area contributed by atoms with Gasteiger partial charge in [0.1, 0.15) is 5.75 Å². The fourth-order valence-corrected chi connectivity index (χ4v) is 4.85. The SMILES string of the molecule is CC.N#CC1CC(=O)N(c2cnn3c2CN(C(=O)Nc2cc(F)c(F)c(F)c2)CC3)C1.O=C(Nc1cc(F)c(F)c(F)c1)Oc1ccccc1. The van der Waals surface area contributed by atoms with E-state index in [9.17, 15) is 40.7 Å². The van der Waals surface area contributed by atoms with Crippen molar-refractivity contribution in [1.29, 1.82) is 5.26 Å². The first-order valence-electron chi connectivity index (χ1n) is 15.1. The van der Waals surface area contributed by atoms with Crippen LogP contribution in [0.3, 0.4) is 0 Å². The number of amides is 4. The molecule has 11 nitrogen and oxygen atoms in total. The second-order valence-corrected chi connectivity index (χ2v) is 10.4. The number of ether oxygens (including phenoxy) is 1. The molecule has 1 atom stereocenters. The van der Waals surface area contributed by atoms with E-state index in [1.807, 2.05) is 13.8 Å². The van der Waals surface area contributed by atoms with Gasteiger partial charge in [0.15, 0.2) is 34.9 Å². The van der Waals surface area contributed by atoms with Crippen LogP contribution in [0, 0.1) is 52.2 Å². The van der Waals surface area contributed by atoms with Crippen LogP contribution in [-0.4, -0.2) is 45.8 Å². The highest BCUT2D eigenvalue weighted by atomic mass is 19.2. The van der Waals surface area contributed by atoms with Crippen molar-refractivity contribution in [3.8, 4) is 11.8 Å². The van der Waals surface area contributed by atoms with Crippen LogP contribution in [0.15, 0.2) is 60.8 Å². The zero-order valence-corrected chi connectivity index (χ0v) is 26.5. The van der Waals surface area contributed by atoms with Crippen LogP contribution >= 0.6 is 0 Å². The summed E-state index contributed by atoms with van der Waals surface area (Å²) in [6.45, 7) is 5.00. The van der Waals surface area contributed by atoms with Crippen LogP contribution in [0.5, 0.6) is 5.75 Å². The molecule has 1 saturated heterocycles. The van der Waals surface area contributed by atoms with Crippen LogP contribution < -0.4 is 20.3 Å². The number of hydrogen-bond donors (Lipinski definition) is 2. The number of urea groups is 1. The van der Waals surface area contributed by atoms with E-state index in [1.54, 1.807) is 22.9 Å². The van der Waals surface area contributed by atoms with Gasteiger partial charge in [-0.15, -0.1) is 0 Å². The van der Waals surface area contributed by atoms with E-state index in [1.165, 1.54) is 28.1 Å². The van der Waals surface area contributed by atoms with Crippen molar-refractivity contribution >= 4 is 35.1 Å². The molecule has 2 N–H and O–H groups in total. The highest BCUT2D eigenvalue weighted by Crippen LogP contribution is 2.30. The number of fused-ring (bicyclic) bond motifs is 1. The standard InChI is InChI=1S/C18H15F3N6O2.C13H8F3NO2.C2H6/c19-12-4-11(5-13(20)17(12)21)24-18(29)25-1-2-27-15(9-25)14(7-23-27)26-8-10(6-22)3-16(26)28;14-10-6-8(7-11(15)12(10)16)17-13(18)19-9-4-2-1-3-5-9;1-2/h4-5,7,10H,1-3,8-9H2,(H,24,29);1-7H,(H,17,18);1-2H3. The maximum atomic E-state index is 13.4. The number of rotatable bonds is 4. The number of carbonyl (C=O) groups is 3. The fraction of sp³-hybridized carbons (Fsp3) is 0.242. The van der Waals surface area contributed by atoms with E-state index < -0.39 is 52.9 Å². The molecular formula is C33H29F6N7O4. The second kappa shape index (κ2) is 16.4. The maximum absolute atomic E-state index is 13.4. The van der Waals surface area contributed by atoms with Gasteiger partial charge in [-0.3, -0.25) is 14.8 Å². The van der Waals surface area contributed by atoms with Crippen molar-refractivity contribution in [2.24, 2.45) is 5.92 Å². The van der Waals surface area contributed by atoms with Crippen LogP contribution in [0.25, 0.3) is 0 Å². The summed E-state index contributed by atoms with van der Waals surface area (Å²) >= 11 is 0. The molecule has 17 heteroatoms. The Morgan fingerprint density at radius 2 is 1.44 bits per heavy atom. The third-order valence-corrected chi connectivity index (χ3v) is 7.15. The van der Waals surface area contributed by atoms with Crippen molar-refractivity contribution in [3.05, 3.63) is 101 Å². The average Bonchev–Trinajstić information content (AvgIpc) is 3.69. The molecule has 2 aliphatic heterocycles. The number of hydrogen-bond acceptors (Lipinski definition) is 6. The number of carbonyl (C=O) groups excluding carboxylic acids is 3. The highest BCUT2D eigenvalue weighted by molar-refractivity contribution is 5.96. The Morgan fingerprint density at radius 3 is 1.98 bits per heavy atom. The smallest absolute Gasteiger partial charge is 0.410 e. The molecule has 262 valence electrons. The van der Waals surface area contributed by atoms with Gasteiger partial charge in [0.25, 0.3) is 0 Å². The molecule has 3 heterocycles. The third kappa shape index (κ3) is 8.69. The van der Waals surface area contributed by atoms with Crippen LogP contribution in [0.1, 0.15) is 26.0 Å². The van der Waals surface area contributed by atoms with E-state index in [0.717, 1.165) is 0 Å². The maximum Gasteiger partial charge on any atom is 0.417 e. The van der Waals surface area contributed by atoms with Crippen LogP contribution in [0.2, 0.25) is 0 Å². The molecule has 2 aliphatic rings. The number of nitriles is 1. The zero-order chi connectivity index (χ0) is 36.5. The van der Waals surface area contributed by atoms with Gasteiger partial charge in [0, 0.05) is 49.5 Å². The highest BCUT2D eigenvalue weighted by Gasteiger charge is 2.35. The van der Waals surface area contributed by atoms with E-state index in [-0.39, 0.29) is 49.1 Å². The fourth-order valence-electron chi connectivity index (χ4n) is 4.85. The monoisotopic (exact) mass is 701 g/mol. The van der Waals surface area contributed by atoms with Gasteiger partial charge in [-0.2, -0.15) is 10.4 Å². The van der Waals surface area contributed by atoms with Crippen molar-refractivity contribution < 1.29 is 45.5 Å². The normalized spacial score (nSPS) is 14.7. The molecule has 1 fully saturated rings. The van der Waals surface area contributed by atoms with Crippen LogP contribution in [0.4, 0.5) is 53.0 Å². The molecule has 0 radical (unpaired) electrons. The topological polar surface area (TPSA) is 133 Å². The molecule has 0 spiro atoms. The first-order valence-corrected chi connectivity index (χ1v) is 15.1. The zero-order valence-electron chi connectivity index (χ0n) is 26.5. The number of benzene rings is 3. The summed E-state index contributed by atoms with van der Waals surface area (Å²) in [6, 6.07) is 12.3. The molecule has 3 aromatic carbocycles. The van der Waals surface area contributed by atoms with Crippen molar-refractivity contribution in [3.63, 3.8) is 0 Å². The molecule has 0 aliphatic carbocycles. The first-order chi connectivity index (χ1) is 23.9. The molecule has 0 bridgehead atoms. The van der Waals surface area contributed by atoms with E-state index in [0.29, 0.717) is 42.2 Å². The molecule has 1 unspecified atom stereocenters. The summed E-state index contributed by atoms with van der Waals surface area (Å²) in [5, 5.41) is 17.7. The van der Waals surface area contributed by atoms with Gasteiger partial charge >= 0.3 is 12.1 Å². The number of halogens is 6. The van der Waals surface area contributed by atoms with Crippen molar-refractivity contribution in [1.82, 2.24) is 14.7 Å². The Morgan fingerprint density at radius 1 is 0.880 bits per heavy atom. The molecule has 50 heavy (non-hydrogen) atoms. The summed E-state index contributed by atoms with van der Waals surface area (Å²) in [6.07, 6.45) is 0.725. The van der Waals surface area contributed by atoms with Crippen molar-refractivity contribution in [2.45, 2.75) is 33.4 Å². The summed E-state index contributed by atoms with van der Waals surface area (Å²) in [5.41, 5.74) is 0.702. The van der Waals surface area contributed by atoms with E-state index >= 15 is 0 Å². The number of aromatic nitrogens is 2. The lowest BCUT2D eigenvalue weighted by molar-refractivity contribution is -0.117. The Balaban J connectivity index is 0.000000232. The third-order valence-electron chi connectivity index (χ3n) is 7.15. The van der Waals surface area contributed by atoms with Gasteiger partial charge < -0.3 is 19.9 Å². The lowest BCUT2D eigenvalue weighted by Gasteiger charge is -2.29. The van der Waals surface area contributed by atoms with Gasteiger partial charge in [0.2, 0.25) is 5.91 Å².